The maximum atomic E-state index is 6.26. The summed E-state index contributed by atoms with van der Waals surface area (Å²) < 4.78 is 6.27. The van der Waals surface area contributed by atoms with Gasteiger partial charge in [-0.1, -0.05) is 39.7 Å². The van der Waals surface area contributed by atoms with Crippen LogP contribution in [0.25, 0.3) is 21.3 Å². The van der Waals surface area contributed by atoms with Gasteiger partial charge in [-0.3, -0.25) is 0 Å². The van der Waals surface area contributed by atoms with Crippen molar-refractivity contribution in [3.8, 4) is 16.9 Å². The minimum Gasteiger partial charge on any atom is -0.495 e. The topological polar surface area (TPSA) is 47.0 Å². The Kier molecular flexibility index (Phi) is 5.04. The first kappa shape index (κ1) is 18.2. The second kappa shape index (κ2) is 7.46. The van der Waals surface area contributed by atoms with Crippen LogP contribution in [-0.2, 0) is 0 Å². The zero-order valence-electron chi connectivity index (χ0n) is 14.6. The Morgan fingerprint density at radius 2 is 1.89 bits per heavy atom. The number of nitrogens with one attached hydrogen (secondary N) is 1. The van der Waals surface area contributed by atoms with Gasteiger partial charge in [-0.25, -0.2) is 9.97 Å². The first-order chi connectivity index (χ1) is 13.1. The fourth-order valence-electron chi connectivity index (χ4n) is 2.98. The summed E-state index contributed by atoms with van der Waals surface area (Å²) in [6.07, 6.45) is 1.58. The van der Waals surface area contributed by atoms with Gasteiger partial charge in [0.25, 0.3) is 0 Å². The molecule has 136 valence electrons. The first-order valence-electron chi connectivity index (χ1n) is 8.17. The lowest BCUT2D eigenvalue weighted by Gasteiger charge is -2.11. The number of rotatable bonds is 4. The molecule has 4 rings (SSSR count). The minimum absolute atomic E-state index is 0.544. The maximum Gasteiger partial charge on any atom is 0.143 e. The molecule has 7 heteroatoms. The summed E-state index contributed by atoms with van der Waals surface area (Å²) in [5.74, 6) is 1.39. The Morgan fingerprint density at radius 3 is 2.59 bits per heavy atom. The lowest BCUT2D eigenvalue weighted by atomic mass is 10.0. The van der Waals surface area contributed by atoms with E-state index in [1.165, 1.54) is 4.88 Å². The van der Waals surface area contributed by atoms with Gasteiger partial charge in [-0.05, 0) is 42.8 Å². The van der Waals surface area contributed by atoms with Crippen LogP contribution in [0.1, 0.15) is 4.88 Å². The Bertz CT molecular complexity index is 1130. The summed E-state index contributed by atoms with van der Waals surface area (Å²) in [4.78, 5) is 11.1. The van der Waals surface area contributed by atoms with E-state index < -0.39 is 0 Å². The highest BCUT2D eigenvalue weighted by Gasteiger charge is 2.17. The average Bonchev–Trinajstić information content (AvgIpc) is 2.99. The van der Waals surface area contributed by atoms with Gasteiger partial charge in [0.15, 0.2) is 0 Å². The Morgan fingerprint density at radius 1 is 1.11 bits per heavy atom. The summed E-state index contributed by atoms with van der Waals surface area (Å²) in [6.45, 7) is 2.11. The van der Waals surface area contributed by atoms with Gasteiger partial charge in [-0.15, -0.1) is 11.3 Å². The van der Waals surface area contributed by atoms with E-state index in [2.05, 4.69) is 50.3 Å². The first-order valence-corrected chi connectivity index (χ1v) is 10.2. The standard InChI is InChI=1S/C20H15BrClN3OS/c1-11-17(12-3-5-13(21)6-4-12)18-19(23-10-24-20(18)27-11)25-14-7-8-16(26-2)15(22)9-14/h3-10H,1-2H3,(H,23,24,25). The van der Waals surface area contributed by atoms with E-state index in [4.69, 9.17) is 16.3 Å². The molecule has 0 unspecified atom stereocenters. The summed E-state index contributed by atoms with van der Waals surface area (Å²) >= 11 is 11.4. The predicted octanol–water partition coefficient (Wildman–Crippen LogP) is 6.83. The molecule has 2 aromatic heterocycles. The molecule has 4 nitrogen and oxygen atoms in total. The molecule has 0 aliphatic rings. The molecule has 0 spiro atoms. The zero-order chi connectivity index (χ0) is 19.0. The predicted molar refractivity (Wildman–Crippen MR) is 117 cm³/mol. The number of anilines is 2. The number of hydrogen-bond donors (Lipinski definition) is 1. The molecule has 0 fully saturated rings. The van der Waals surface area contributed by atoms with Gasteiger partial charge in [0, 0.05) is 20.6 Å². The highest BCUT2D eigenvalue weighted by molar-refractivity contribution is 9.10. The number of aryl methyl sites for hydroxylation is 1. The number of benzene rings is 2. The van der Waals surface area contributed by atoms with Gasteiger partial charge in [-0.2, -0.15) is 0 Å². The number of aromatic nitrogens is 2. The molecule has 0 aliphatic heterocycles. The number of halogens is 2. The fraction of sp³-hybridized carbons (Fsp3) is 0.100. The third kappa shape index (κ3) is 3.52. The molecule has 2 heterocycles. The molecular weight excluding hydrogens is 446 g/mol. The Hall–Kier alpha value is -2.15. The van der Waals surface area contributed by atoms with Crippen molar-refractivity contribution in [3.63, 3.8) is 0 Å². The summed E-state index contributed by atoms with van der Waals surface area (Å²) in [7, 11) is 1.60. The van der Waals surface area contributed by atoms with Crippen LogP contribution in [0.4, 0.5) is 11.5 Å². The number of ether oxygens (including phenoxy) is 1. The third-order valence-electron chi connectivity index (χ3n) is 4.21. The van der Waals surface area contributed by atoms with Crippen LogP contribution in [0.2, 0.25) is 5.02 Å². The molecule has 0 amide bonds. The number of thiophene rings is 1. The number of methoxy groups -OCH3 is 1. The average molecular weight is 461 g/mol. The maximum absolute atomic E-state index is 6.26. The van der Waals surface area contributed by atoms with Crippen molar-refractivity contribution in [1.82, 2.24) is 9.97 Å². The Balaban J connectivity index is 1.84. The molecule has 0 radical (unpaired) electrons. The second-order valence-corrected chi connectivity index (χ2v) is 8.44. The van der Waals surface area contributed by atoms with Crippen molar-refractivity contribution in [1.29, 1.82) is 0 Å². The van der Waals surface area contributed by atoms with Crippen molar-refractivity contribution in [2.75, 3.05) is 12.4 Å². The third-order valence-corrected chi connectivity index (χ3v) is 6.05. The molecule has 0 atom stereocenters. The highest BCUT2D eigenvalue weighted by atomic mass is 79.9. The number of nitrogens with zero attached hydrogens (tertiary/aromatic N) is 2. The monoisotopic (exact) mass is 459 g/mol. The van der Waals surface area contributed by atoms with E-state index in [9.17, 15) is 0 Å². The van der Waals surface area contributed by atoms with Crippen LogP contribution >= 0.6 is 38.9 Å². The SMILES string of the molecule is COc1ccc(Nc2ncnc3sc(C)c(-c4ccc(Br)cc4)c23)cc1Cl. The van der Waals surface area contributed by atoms with Gasteiger partial charge in [0.05, 0.1) is 17.5 Å². The molecule has 27 heavy (non-hydrogen) atoms. The van der Waals surface area contributed by atoms with Crippen molar-refractivity contribution in [2.24, 2.45) is 0 Å². The van der Waals surface area contributed by atoms with Crippen LogP contribution in [0.15, 0.2) is 53.3 Å². The largest absolute Gasteiger partial charge is 0.495 e. The molecular formula is C20H15BrClN3OS. The van der Waals surface area contributed by atoms with Crippen molar-refractivity contribution in [2.45, 2.75) is 6.92 Å². The zero-order valence-corrected chi connectivity index (χ0v) is 17.7. The molecule has 4 aromatic rings. The highest BCUT2D eigenvalue weighted by Crippen LogP contribution is 2.41. The van der Waals surface area contributed by atoms with Crippen LogP contribution < -0.4 is 10.1 Å². The van der Waals surface area contributed by atoms with Crippen molar-refractivity contribution in [3.05, 3.63) is 63.2 Å². The molecule has 1 N–H and O–H groups in total. The van der Waals surface area contributed by atoms with E-state index >= 15 is 0 Å². The molecule has 0 saturated carbocycles. The van der Waals surface area contributed by atoms with Crippen molar-refractivity contribution >= 4 is 60.6 Å². The molecule has 0 bridgehead atoms. The van der Waals surface area contributed by atoms with Gasteiger partial charge >= 0.3 is 0 Å². The minimum atomic E-state index is 0.544. The van der Waals surface area contributed by atoms with Crippen LogP contribution in [0.3, 0.4) is 0 Å². The van der Waals surface area contributed by atoms with Crippen LogP contribution in [0, 0.1) is 6.92 Å². The van der Waals surface area contributed by atoms with Crippen LogP contribution in [-0.4, -0.2) is 17.1 Å². The van der Waals surface area contributed by atoms with E-state index in [-0.39, 0.29) is 0 Å². The van der Waals surface area contributed by atoms with E-state index in [1.807, 2.05) is 30.3 Å². The summed E-state index contributed by atoms with van der Waals surface area (Å²) in [6, 6.07) is 13.8. The number of hydrogen-bond acceptors (Lipinski definition) is 5. The van der Waals surface area contributed by atoms with Gasteiger partial charge in [0.1, 0.15) is 22.7 Å². The smallest absolute Gasteiger partial charge is 0.143 e. The van der Waals surface area contributed by atoms with E-state index in [0.29, 0.717) is 10.8 Å². The van der Waals surface area contributed by atoms with E-state index in [1.54, 1.807) is 24.8 Å². The van der Waals surface area contributed by atoms with E-state index in [0.717, 1.165) is 37.3 Å². The fourth-order valence-corrected chi connectivity index (χ4v) is 4.52. The lowest BCUT2D eigenvalue weighted by molar-refractivity contribution is 0.415. The molecule has 0 aliphatic carbocycles. The molecule has 0 saturated heterocycles. The Labute approximate surface area is 174 Å². The summed E-state index contributed by atoms with van der Waals surface area (Å²) in [5, 5.41) is 4.93. The molecule has 2 aromatic carbocycles. The lowest BCUT2D eigenvalue weighted by Crippen LogP contribution is -1.96. The quantitative estimate of drug-likeness (QED) is 0.362. The van der Waals surface area contributed by atoms with Gasteiger partial charge < -0.3 is 10.1 Å². The van der Waals surface area contributed by atoms with Crippen molar-refractivity contribution < 1.29 is 4.74 Å². The normalized spacial score (nSPS) is 11.0. The number of fused-ring (bicyclic) bond motifs is 1. The van der Waals surface area contributed by atoms with Gasteiger partial charge in [0.2, 0.25) is 0 Å². The van der Waals surface area contributed by atoms with Crippen LogP contribution in [0.5, 0.6) is 5.75 Å². The summed E-state index contributed by atoms with van der Waals surface area (Å²) in [5.41, 5.74) is 3.11. The second-order valence-electron chi connectivity index (χ2n) is 5.92.